The van der Waals surface area contributed by atoms with Crippen molar-refractivity contribution < 1.29 is 27.5 Å². The van der Waals surface area contributed by atoms with Crippen LogP contribution >= 0.6 is 0 Å². The Kier molecular flexibility index (Phi) is 7.99. The second kappa shape index (κ2) is 10.8. The third-order valence-corrected chi connectivity index (χ3v) is 7.66. The summed E-state index contributed by atoms with van der Waals surface area (Å²) in [6.07, 6.45) is 2.82. The molecule has 194 valence electrons. The molecule has 4 bridgehead atoms. The Morgan fingerprint density at radius 1 is 1.14 bits per heavy atom. The quantitative estimate of drug-likeness (QED) is 0.547. The fourth-order valence-electron chi connectivity index (χ4n) is 5.23. The summed E-state index contributed by atoms with van der Waals surface area (Å²) < 4.78 is 38.7. The van der Waals surface area contributed by atoms with Crippen LogP contribution in [0.5, 0.6) is 5.75 Å². The van der Waals surface area contributed by atoms with Gasteiger partial charge in [0.05, 0.1) is 36.7 Å². The van der Waals surface area contributed by atoms with E-state index in [4.69, 9.17) is 9.47 Å². The van der Waals surface area contributed by atoms with E-state index in [1.807, 2.05) is 19.9 Å². The van der Waals surface area contributed by atoms with Gasteiger partial charge in [-0.05, 0) is 45.2 Å². The predicted octanol–water partition coefficient (Wildman–Crippen LogP) is 0.632. The highest BCUT2D eigenvalue weighted by atomic mass is 32.2. The molecule has 3 aliphatic rings. The average molecular weight is 509 g/mol. The summed E-state index contributed by atoms with van der Waals surface area (Å²) >= 11 is 0. The first-order valence-corrected chi connectivity index (χ1v) is 14.2. The fraction of sp³-hybridized carbons (Fsp3) is 0.667. The monoisotopic (exact) mass is 508 g/mol. The number of fused-ring (bicyclic) bond motifs is 5. The molecule has 2 saturated heterocycles. The number of rotatable bonds is 3. The smallest absolute Gasteiger partial charge is 0.255 e. The van der Waals surface area contributed by atoms with Crippen molar-refractivity contribution in [3.8, 4) is 5.75 Å². The zero-order chi connectivity index (χ0) is 25.2. The highest BCUT2D eigenvalue weighted by Crippen LogP contribution is 2.26. The summed E-state index contributed by atoms with van der Waals surface area (Å²) in [5.74, 6) is 0.148. The molecule has 2 amide bonds. The minimum Gasteiger partial charge on any atom is -0.493 e. The molecular weight excluding hydrogens is 472 g/mol. The Morgan fingerprint density at radius 3 is 2.66 bits per heavy atom. The van der Waals surface area contributed by atoms with Crippen molar-refractivity contribution in [2.24, 2.45) is 0 Å². The summed E-state index contributed by atoms with van der Waals surface area (Å²) in [4.78, 5) is 28.4. The first kappa shape index (κ1) is 25.9. The lowest BCUT2D eigenvalue weighted by Crippen LogP contribution is -2.55. The van der Waals surface area contributed by atoms with Crippen LogP contribution in [0.25, 0.3) is 0 Å². The van der Waals surface area contributed by atoms with Crippen molar-refractivity contribution in [3.05, 3.63) is 29.8 Å². The number of likely N-dealkylation sites (tertiary alicyclic amines) is 1. The van der Waals surface area contributed by atoms with Gasteiger partial charge < -0.3 is 20.1 Å². The minimum atomic E-state index is -3.43. The number of carbonyl (C=O) groups is 2. The first-order valence-electron chi connectivity index (χ1n) is 12.3. The van der Waals surface area contributed by atoms with Gasteiger partial charge in [0, 0.05) is 37.6 Å². The summed E-state index contributed by atoms with van der Waals surface area (Å²) in [5, 5.41) is 6.07. The van der Waals surface area contributed by atoms with Crippen LogP contribution in [-0.2, 0) is 19.6 Å². The van der Waals surface area contributed by atoms with Gasteiger partial charge in [-0.3, -0.25) is 14.5 Å². The van der Waals surface area contributed by atoms with Gasteiger partial charge in [0.2, 0.25) is 15.9 Å². The van der Waals surface area contributed by atoms with Crippen LogP contribution in [0.4, 0.5) is 0 Å². The molecule has 0 radical (unpaired) electrons. The number of hydrogen-bond acceptors (Lipinski definition) is 7. The number of amides is 2. The van der Waals surface area contributed by atoms with Crippen LogP contribution in [0.2, 0.25) is 0 Å². The molecule has 0 aromatic heterocycles. The molecule has 5 atom stereocenters. The van der Waals surface area contributed by atoms with Crippen molar-refractivity contribution in [2.75, 3.05) is 26.0 Å². The van der Waals surface area contributed by atoms with Crippen LogP contribution in [0.1, 0.15) is 49.9 Å². The van der Waals surface area contributed by atoms with Crippen molar-refractivity contribution in [1.82, 2.24) is 20.3 Å². The Morgan fingerprint density at radius 2 is 1.91 bits per heavy atom. The third-order valence-electron chi connectivity index (χ3n) is 6.93. The molecule has 3 N–H and O–H groups in total. The Hall–Kier alpha value is -2.21. The summed E-state index contributed by atoms with van der Waals surface area (Å²) in [6, 6.07) is 6.25. The van der Waals surface area contributed by atoms with E-state index in [0.717, 1.165) is 6.26 Å². The molecule has 3 heterocycles. The molecule has 0 spiro atoms. The number of hydrogen-bond donors (Lipinski definition) is 3. The van der Waals surface area contributed by atoms with E-state index in [2.05, 4.69) is 20.3 Å². The van der Waals surface area contributed by atoms with Crippen LogP contribution in [-0.4, -0.2) is 87.5 Å². The maximum absolute atomic E-state index is 13.2. The molecule has 10 nitrogen and oxygen atoms in total. The highest BCUT2D eigenvalue weighted by Gasteiger charge is 2.40. The van der Waals surface area contributed by atoms with Crippen molar-refractivity contribution in [3.63, 3.8) is 0 Å². The zero-order valence-corrected chi connectivity index (χ0v) is 21.3. The van der Waals surface area contributed by atoms with Gasteiger partial charge in [-0.25, -0.2) is 13.1 Å². The molecule has 11 heteroatoms. The van der Waals surface area contributed by atoms with E-state index < -0.39 is 28.2 Å². The predicted molar refractivity (Wildman–Crippen MR) is 131 cm³/mol. The number of ether oxygens (including phenoxy) is 2. The second-order valence-corrected chi connectivity index (χ2v) is 11.7. The van der Waals surface area contributed by atoms with Gasteiger partial charge in [-0.15, -0.1) is 0 Å². The van der Waals surface area contributed by atoms with E-state index >= 15 is 0 Å². The third kappa shape index (κ3) is 6.52. The van der Waals surface area contributed by atoms with Crippen molar-refractivity contribution >= 4 is 21.8 Å². The summed E-state index contributed by atoms with van der Waals surface area (Å²) in [7, 11) is -3.43. The lowest BCUT2D eigenvalue weighted by molar-refractivity contribution is -0.128. The van der Waals surface area contributed by atoms with Crippen molar-refractivity contribution in [2.45, 2.75) is 75.9 Å². The first-order chi connectivity index (χ1) is 16.6. The normalized spacial score (nSPS) is 30.8. The summed E-state index contributed by atoms with van der Waals surface area (Å²) in [6.45, 7) is 5.16. The minimum absolute atomic E-state index is 0.111. The molecule has 0 aliphatic carbocycles. The van der Waals surface area contributed by atoms with Gasteiger partial charge in [-0.1, -0.05) is 12.1 Å². The SMILES string of the molecule is CC(C)N1C[C@@H]2C[C@H]1C(=O)NC[C@H]1O[C@H](CCOc3ccccc3C(=O)N2)CC[C@H]1NS(C)(=O)=O. The second-order valence-electron chi connectivity index (χ2n) is 9.96. The van der Waals surface area contributed by atoms with Gasteiger partial charge in [0.1, 0.15) is 5.75 Å². The lowest BCUT2D eigenvalue weighted by Gasteiger charge is -2.37. The largest absolute Gasteiger partial charge is 0.493 e. The zero-order valence-electron chi connectivity index (χ0n) is 20.5. The molecule has 0 unspecified atom stereocenters. The maximum atomic E-state index is 13.2. The topological polar surface area (TPSA) is 126 Å². The standard InChI is InChI=1S/C24H36N4O6S/c1-15(2)28-14-16-12-20(28)24(30)25-13-22-19(27-35(3,31)32)9-8-17(34-22)10-11-33-21-7-5-4-6-18(21)23(29)26-16/h4-7,15-17,19-20,22,27H,8-14H2,1-3H3,(H,25,30)(H,26,29)/t16-,17-,19+,20-,22+/m0/s1. The molecule has 35 heavy (non-hydrogen) atoms. The number of para-hydroxylation sites is 1. The summed E-state index contributed by atoms with van der Waals surface area (Å²) in [5.41, 5.74) is 0.462. The number of sulfonamides is 1. The Labute approximate surface area is 207 Å². The van der Waals surface area contributed by atoms with E-state index in [9.17, 15) is 18.0 Å². The molecular formula is C24H36N4O6S. The van der Waals surface area contributed by atoms with Crippen LogP contribution in [0.3, 0.4) is 0 Å². The van der Waals surface area contributed by atoms with E-state index in [-0.39, 0.29) is 36.5 Å². The number of benzene rings is 1. The van der Waals surface area contributed by atoms with Gasteiger partial charge >= 0.3 is 0 Å². The van der Waals surface area contributed by atoms with E-state index in [1.54, 1.807) is 18.2 Å². The maximum Gasteiger partial charge on any atom is 0.255 e. The average Bonchev–Trinajstić information content (AvgIpc) is 3.22. The number of nitrogens with one attached hydrogen (secondary N) is 3. The Balaban J connectivity index is 1.59. The number of nitrogens with zero attached hydrogens (tertiary/aromatic N) is 1. The fourth-order valence-corrected chi connectivity index (χ4v) is 6.05. The molecule has 2 fully saturated rings. The molecule has 1 aromatic carbocycles. The molecule has 3 aliphatic heterocycles. The molecule has 4 rings (SSSR count). The lowest BCUT2D eigenvalue weighted by atomic mass is 9.97. The Bertz CT molecular complexity index is 1030. The van der Waals surface area contributed by atoms with Gasteiger partial charge in [0.15, 0.2) is 0 Å². The van der Waals surface area contributed by atoms with Gasteiger partial charge in [0.25, 0.3) is 5.91 Å². The van der Waals surface area contributed by atoms with E-state index in [1.165, 1.54) is 0 Å². The van der Waals surface area contributed by atoms with Crippen LogP contribution in [0, 0.1) is 0 Å². The van der Waals surface area contributed by atoms with E-state index in [0.29, 0.717) is 50.1 Å². The molecule has 1 aromatic rings. The van der Waals surface area contributed by atoms with Crippen LogP contribution in [0.15, 0.2) is 24.3 Å². The van der Waals surface area contributed by atoms with Gasteiger partial charge in [-0.2, -0.15) is 0 Å². The highest BCUT2D eigenvalue weighted by molar-refractivity contribution is 7.88. The molecule has 0 saturated carbocycles. The number of carbonyl (C=O) groups excluding carboxylic acids is 2. The van der Waals surface area contributed by atoms with Crippen molar-refractivity contribution in [1.29, 1.82) is 0 Å². The van der Waals surface area contributed by atoms with Crippen LogP contribution < -0.4 is 20.1 Å².